The second-order valence-corrected chi connectivity index (χ2v) is 5.95. The third kappa shape index (κ3) is 7.07. The maximum atomic E-state index is 12.0. The Labute approximate surface area is 162 Å². The van der Waals surface area contributed by atoms with Crippen molar-refractivity contribution in [3.05, 3.63) is 35.4 Å². The van der Waals surface area contributed by atoms with Crippen LogP contribution in [-0.2, 0) is 11.2 Å². The van der Waals surface area contributed by atoms with Gasteiger partial charge in [-0.15, -0.1) is 24.0 Å². The van der Waals surface area contributed by atoms with Crippen molar-refractivity contribution in [2.24, 2.45) is 4.99 Å². The van der Waals surface area contributed by atoms with Crippen molar-refractivity contribution in [2.75, 3.05) is 32.7 Å². The molecule has 0 aliphatic carbocycles. The number of carbonyl (C=O) groups is 1. The Kier molecular flexibility index (Phi) is 9.75. The number of rotatable bonds is 6. The van der Waals surface area contributed by atoms with Gasteiger partial charge in [0.25, 0.3) is 0 Å². The molecule has 1 fully saturated rings. The first kappa shape index (κ1) is 20.7. The van der Waals surface area contributed by atoms with E-state index in [1.807, 2.05) is 11.8 Å². The molecular weight excluding hydrogens is 415 g/mol. The van der Waals surface area contributed by atoms with Crippen LogP contribution in [0.1, 0.15) is 30.9 Å². The van der Waals surface area contributed by atoms with Crippen molar-refractivity contribution in [3.63, 3.8) is 0 Å². The summed E-state index contributed by atoms with van der Waals surface area (Å²) in [6.07, 6.45) is 3.17. The third-order valence-electron chi connectivity index (χ3n) is 4.00. The Bertz CT molecular complexity index is 524. The number of nitrogens with zero attached hydrogens (tertiary/aromatic N) is 2. The molecule has 0 radical (unpaired) electrons. The zero-order valence-electron chi connectivity index (χ0n) is 14.7. The van der Waals surface area contributed by atoms with Gasteiger partial charge in [0.2, 0.25) is 5.91 Å². The van der Waals surface area contributed by atoms with Gasteiger partial charge in [-0.3, -0.25) is 4.79 Å². The second kappa shape index (κ2) is 11.3. The fraction of sp³-hybridized carbons (Fsp3) is 0.556. The van der Waals surface area contributed by atoms with Crippen LogP contribution in [0.2, 0.25) is 0 Å². The number of hydrogen-bond acceptors (Lipinski definition) is 2. The average Bonchev–Trinajstić information content (AvgIpc) is 3.08. The number of aliphatic imine (C=N–C) groups is 1. The first-order valence-corrected chi connectivity index (χ1v) is 8.54. The molecule has 2 rings (SSSR count). The number of likely N-dealkylation sites (tertiary alicyclic amines) is 1. The minimum atomic E-state index is 0. The number of carbonyl (C=O) groups excluding carboxylic acids is 1. The highest BCUT2D eigenvalue weighted by Crippen LogP contribution is 2.07. The normalized spacial score (nSPS) is 14.2. The molecule has 5 nitrogen and oxygen atoms in total. The SMILES string of the molecule is CCNC(=NCC(=O)N1CCCC1)NCCc1ccc(C)cc1.I. The van der Waals surface area contributed by atoms with E-state index in [4.69, 9.17) is 0 Å². The molecule has 0 bridgehead atoms. The van der Waals surface area contributed by atoms with Gasteiger partial charge in [0.05, 0.1) is 0 Å². The van der Waals surface area contributed by atoms with E-state index in [0.717, 1.165) is 45.4 Å². The smallest absolute Gasteiger partial charge is 0.244 e. The highest BCUT2D eigenvalue weighted by atomic mass is 127. The molecule has 1 aliphatic rings. The van der Waals surface area contributed by atoms with Gasteiger partial charge >= 0.3 is 0 Å². The molecule has 0 saturated carbocycles. The second-order valence-electron chi connectivity index (χ2n) is 5.95. The quantitative estimate of drug-likeness (QED) is 0.403. The fourth-order valence-electron chi connectivity index (χ4n) is 2.63. The van der Waals surface area contributed by atoms with Crippen molar-refractivity contribution in [3.8, 4) is 0 Å². The van der Waals surface area contributed by atoms with E-state index in [0.29, 0.717) is 5.96 Å². The number of benzene rings is 1. The molecule has 2 N–H and O–H groups in total. The zero-order valence-corrected chi connectivity index (χ0v) is 17.0. The van der Waals surface area contributed by atoms with Gasteiger partial charge in [0, 0.05) is 26.2 Å². The topological polar surface area (TPSA) is 56.7 Å². The zero-order chi connectivity index (χ0) is 16.5. The van der Waals surface area contributed by atoms with E-state index in [2.05, 4.69) is 46.8 Å². The molecule has 0 aromatic heterocycles. The van der Waals surface area contributed by atoms with E-state index in [1.165, 1.54) is 11.1 Å². The lowest BCUT2D eigenvalue weighted by Crippen LogP contribution is -2.39. The minimum Gasteiger partial charge on any atom is -0.357 e. The van der Waals surface area contributed by atoms with Gasteiger partial charge < -0.3 is 15.5 Å². The third-order valence-corrected chi connectivity index (χ3v) is 4.00. The van der Waals surface area contributed by atoms with Gasteiger partial charge in [0.15, 0.2) is 5.96 Å². The van der Waals surface area contributed by atoms with Crippen LogP contribution in [0.3, 0.4) is 0 Å². The van der Waals surface area contributed by atoms with Gasteiger partial charge in [-0.05, 0) is 38.7 Å². The molecule has 1 aromatic rings. The van der Waals surface area contributed by atoms with Crippen molar-refractivity contribution in [1.82, 2.24) is 15.5 Å². The van der Waals surface area contributed by atoms with Crippen molar-refractivity contribution >= 4 is 35.8 Å². The standard InChI is InChI=1S/C18H28N4O.HI/c1-3-19-18(21-14-17(23)22-12-4-5-13-22)20-11-10-16-8-6-15(2)7-9-16;/h6-9H,3-5,10-14H2,1-2H3,(H2,19,20,21);1H. The summed E-state index contributed by atoms with van der Waals surface area (Å²) in [5.41, 5.74) is 2.57. The van der Waals surface area contributed by atoms with E-state index in [9.17, 15) is 4.79 Å². The summed E-state index contributed by atoms with van der Waals surface area (Å²) in [5, 5.41) is 6.49. The van der Waals surface area contributed by atoms with Crippen LogP contribution in [0.5, 0.6) is 0 Å². The molecule has 134 valence electrons. The summed E-state index contributed by atoms with van der Waals surface area (Å²) in [4.78, 5) is 18.4. The maximum Gasteiger partial charge on any atom is 0.244 e. The summed E-state index contributed by atoms with van der Waals surface area (Å²) in [7, 11) is 0. The van der Waals surface area contributed by atoms with E-state index >= 15 is 0 Å². The van der Waals surface area contributed by atoms with Crippen LogP contribution in [0.15, 0.2) is 29.3 Å². The molecule has 6 heteroatoms. The van der Waals surface area contributed by atoms with Gasteiger partial charge in [-0.2, -0.15) is 0 Å². The van der Waals surface area contributed by atoms with Crippen LogP contribution in [0.25, 0.3) is 0 Å². The summed E-state index contributed by atoms with van der Waals surface area (Å²) < 4.78 is 0. The number of nitrogens with one attached hydrogen (secondary N) is 2. The predicted molar refractivity (Wildman–Crippen MR) is 110 cm³/mol. The molecule has 1 heterocycles. The summed E-state index contributed by atoms with van der Waals surface area (Å²) in [6.45, 7) is 7.69. The average molecular weight is 444 g/mol. The molecule has 0 spiro atoms. The van der Waals surface area contributed by atoms with Crippen LogP contribution >= 0.6 is 24.0 Å². The minimum absolute atomic E-state index is 0. The fourth-order valence-corrected chi connectivity index (χ4v) is 2.63. The summed E-state index contributed by atoms with van der Waals surface area (Å²) in [6, 6.07) is 8.56. The molecular formula is C18H29IN4O. The Morgan fingerprint density at radius 1 is 1.17 bits per heavy atom. The number of halogens is 1. The Balaban J connectivity index is 0.00000288. The highest BCUT2D eigenvalue weighted by molar-refractivity contribution is 14.0. The maximum absolute atomic E-state index is 12.0. The first-order chi connectivity index (χ1) is 11.2. The van der Waals surface area contributed by atoms with Crippen LogP contribution in [0.4, 0.5) is 0 Å². The number of aryl methyl sites for hydroxylation is 1. The van der Waals surface area contributed by atoms with E-state index < -0.39 is 0 Å². The lowest BCUT2D eigenvalue weighted by molar-refractivity contribution is -0.128. The lowest BCUT2D eigenvalue weighted by Gasteiger charge is -2.15. The Hall–Kier alpha value is -1.31. The molecule has 1 saturated heterocycles. The van der Waals surface area contributed by atoms with Crippen molar-refractivity contribution < 1.29 is 4.79 Å². The van der Waals surface area contributed by atoms with Crippen LogP contribution < -0.4 is 10.6 Å². The van der Waals surface area contributed by atoms with Crippen LogP contribution in [-0.4, -0.2) is 49.5 Å². The molecule has 0 atom stereocenters. The van der Waals surface area contributed by atoms with Crippen molar-refractivity contribution in [2.45, 2.75) is 33.1 Å². The molecule has 0 unspecified atom stereocenters. The number of amides is 1. The van der Waals surface area contributed by atoms with Gasteiger partial charge in [-0.25, -0.2) is 4.99 Å². The van der Waals surface area contributed by atoms with Gasteiger partial charge in [-0.1, -0.05) is 29.8 Å². The van der Waals surface area contributed by atoms with E-state index in [-0.39, 0.29) is 36.4 Å². The number of hydrogen-bond donors (Lipinski definition) is 2. The monoisotopic (exact) mass is 444 g/mol. The predicted octanol–water partition coefficient (Wildman–Crippen LogP) is 2.33. The summed E-state index contributed by atoms with van der Waals surface area (Å²) >= 11 is 0. The van der Waals surface area contributed by atoms with E-state index in [1.54, 1.807) is 0 Å². The van der Waals surface area contributed by atoms with Gasteiger partial charge in [0.1, 0.15) is 6.54 Å². The lowest BCUT2D eigenvalue weighted by atomic mass is 10.1. The molecule has 1 aromatic carbocycles. The first-order valence-electron chi connectivity index (χ1n) is 8.54. The number of guanidine groups is 1. The summed E-state index contributed by atoms with van der Waals surface area (Å²) in [5.74, 6) is 0.838. The molecule has 1 aliphatic heterocycles. The molecule has 1 amide bonds. The van der Waals surface area contributed by atoms with Crippen molar-refractivity contribution in [1.29, 1.82) is 0 Å². The molecule has 24 heavy (non-hydrogen) atoms. The highest BCUT2D eigenvalue weighted by Gasteiger charge is 2.17. The largest absolute Gasteiger partial charge is 0.357 e. The Morgan fingerprint density at radius 3 is 2.46 bits per heavy atom. The Morgan fingerprint density at radius 2 is 1.83 bits per heavy atom. The van der Waals surface area contributed by atoms with Crippen LogP contribution in [0, 0.1) is 6.92 Å².